The lowest BCUT2D eigenvalue weighted by atomic mass is 10.1. The predicted octanol–water partition coefficient (Wildman–Crippen LogP) is 0.125. The van der Waals surface area contributed by atoms with Gasteiger partial charge in [0.1, 0.15) is 0 Å². The van der Waals surface area contributed by atoms with E-state index < -0.39 is 47.2 Å². The average Bonchev–Trinajstić information content (AvgIpc) is 2.45. The minimum atomic E-state index is -5.58. The van der Waals surface area contributed by atoms with Crippen molar-refractivity contribution in [1.29, 1.82) is 0 Å². The molecule has 16 heteroatoms. The Labute approximate surface area is 130 Å². The second-order valence-electron chi connectivity index (χ2n) is 4.39. The van der Waals surface area contributed by atoms with Crippen LogP contribution in [-0.2, 0) is 31.6 Å². The van der Waals surface area contributed by atoms with E-state index in [0.717, 1.165) is 0 Å². The number of aliphatic hydroxyl groups excluding tert-OH is 1. The molecule has 0 spiro atoms. The van der Waals surface area contributed by atoms with Gasteiger partial charge >= 0.3 is 23.5 Å². The number of thiol groups is 1. The molecule has 1 aliphatic rings. The van der Waals surface area contributed by atoms with Crippen molar-refractivity contribution >= 4 is 36.1 Å². The van der Waals surface area contributed by atoms with Crippen LogP contribution in [0.25, 0.3) is 0 Å². The standard InChI is InChI=1S/C6H15O12P3S/c1-4-2-5(7)6(22,16-4)3-15-20(11,12)18-21(13,14)17-19(8,9)10/h4-5,7,22H,2-3H2,1H3,(H,11,12)(H,13,14)(H2,8,9,10)/t4-,5+,6-/m0/s1. The number of hydrogen-bond acceptors (Lipinski definition) is 9. The van der Waals surface area contributed by atoms with E-state index in [1.165, 1.54) is 0 Å². The van der Waals surface area contributed by atoms with Gasteiger partial charge in [0.15, 0.2) is 4.93 Å². The lowest BCUT2D eigenvalue weighted by Crippen LogP contribution is -2.38. The van der Waals surface area contributed by atoms with Gasteiger partial charge in [-0.2, -0.15) is 8.62 Å². The van der Waals surface area contributed by atoms with Gasteiger partial charge in [-0.25, -0.2) is 13.7 Å². The van der Waals surface area contributed by atoms with Gasteiger partial charge in [0.2, 0.25) is 0 Å². The fraction of sp³-hybridized carbons (Fsp3) is 1.00. The first-order valence-corrected chi connectivity index (χ1v) is 10.5. The largest absolute Gasteiger partial charge is 0.490 e. The van der Waals surface area contributed by atoms with E-state index in [4.69, 9.17) is 19.4 Å². The molecule has 0 bridgehead atoms. The van der Waals surface area contributed by atoms with Crippen LogP contribution < -0.4 is 0 Å². The molecule has 22 heavy (non-hydrogen) atoms. The van der Waals surface area contributed by atoms with Gasteiger partial charge in [-0.3, -0.25) is 4.52 Å². The summed E-state index contributed by atoms with van der Waals surface area (Å²) >= 11 is 3.96. The summed E-state index contributed by atoms with van der Waals surface area (Å²) in [5.41, 5.74) is 0. The Bertz CT molecular complexity index is 547. The van der Waals surface area contributed by atoms with E-state index in [2.05, 4.69) is 25.8 Å². The van der Waals surface area contributed by atoms with E-state index in [-0.39, 0.29) is 6.42 Å². The highest BCUT2D eigenvalue weighted by atomic mass is 32.1. The normalized spacial score (nSPS) is 35.0. The third-order valence-corrected chi connectivity index (χ3v) is 6.65. The molecule has 0 amide bonds. The third-order valence-electron chi connectivity index (χ3n) is 2.33. The Morgan fingerprint density at radius 3 is 2.14 bits per heavy atom. The smallest absolute Gasteiger partial charge is 0.389 e. The van der Waals surface area contributed by atoms with Crippen LogP contribution in [0.3, 0.4) is 0 Å². The number of phosphoric acid groups is 3. The molecule has 1 fully saturated rings. The molecule has 0 aromatic rings. The van der Waals surface area contributed by atoms with Gasteiger partial charge in [0.05, 0.1) is 18.8 Å². The number of phosphoric ester groups is 1. The third kappa shape index (κ3) is 6.66. The number of ether oxygens (including phenoxy) is 1. The van der Waals surface area contributed by atoms with Gasteiger partial charge in [-0.15, -0.1) is 12.6 Å². The summed E-state index contributed by atoms with van der Waals surface area (Å²) < 4.78 is 49.6. The monoisotopic (exact) mass is 404 g/mol. The Hall–Kier alpha value is 0.680. The quantitative estimate of drug-likeness (QED) is 0.249. The minimum Gasteiger partial charge on any atom is -0.389 e. The molecule has 0 aromatic carbocycles. The van der Waals surface area contributed by atoms with Crippen LogP contribution in [0.4, 0.5) is 0 Å². The van der Waals surface area contributed by atoms with Crippen molar-refractivity contribution in [3.05, 3.63) is 0 Å². The summed E-state index contributed by atoms with van der Waals surface area (Å²) in [6, 6.07) is 0. The molecule has 12 nitrogen and oxygen atoms in total. The van der Waals surface area contributed by atoms with Crippen LogP contribution in [0.5, 0.6) is 0 Å². The Morgan fingerprint density at radius 2 is 1.73 bits per heavy atom. The van der Waals surface area contributed by atoms with Crippen molar-refractivity contribution < 1.29 is 56.3 Å². The van der Waals surface area contributed by atoms with Crippen LogP contribution >= 0.6 is 36.1 Å². The zero-order chi connectivity index (χ0) is 17.4. The van der Waals surface area contributed by atoms with Crippen LogP contribution in [-0.4, -0.2) is 48.4 Å². The minimum absolute atomic E-state index is 0.170. The van der Waals surface area contributed by atoms with Gasteiger partial charge in [0.25, 0.3) is 0 Å². The number of rotatable bonds is 7. The maximum absolute atomic E-state index is 11.5. The lowest BCUT2D eigenvalue weighted by molar-refractivity contribution is -0.0404. The van der Waals surface area contributed by atoms with Crippen LogP contribution in [0.2, 0.25) is 0 Å². The summed E-state index contributed by atoms with van der Waals surface area (Å²) in [4.78, 5) is 33.2. The molecular weight excluding hydrogens is 389 g/mol. The van der Waals surface area contributed by atoms with E-state index in [1.54, 1.807) is 6.92 Å². The van der Waals surface area contributed by atoms with Crippen LogP contribution in [0, 0.1) is 0 Å². The lowest BCUT2D eigenvalue weighted by Gasteiger charge is -2.27. The molecule has 1 heterocycles. The fourth-order valence-corrected chi connectivity index (χ4v) is 5.08. The molecule has 1 rings (SSSR count). The maximum atomic E-state index is 11.5. The predicted molar refractivity (Wildman–Crippen MR) is 72.7 cm³/mol. The molecule has 0 radical (unpaired) electrons. The highest BCUT2D eigenvalue weighted by molar-refractivity contribution is 7.81. The van der Waals surface area contributed by atoms with E-state index in [0.29, 0.717) is 0 Å². The summed E-state index contributed by atoms with van der Waals surface area (Å²) in [5.74, 6) is 0. The first kappa shape index (κ1) is 20.7. The van der Waals surface area contributed by atoms with Gasteiger partial charge in [-0.1, -0.05) is 0 Å². The molecule has 2 unspecified atom stereocenters. The fourth-order valence-electron chi connectivity index (χ4n) is 1.58. The highest BCUT2D eigenvalue weighted by Gasteiger charge is 2.47. The van der Waals surface area contributed by atoms with E-state index in [9.17, 15) is 23.7 Å². The molecule has 1 saturated heterocycles. The van der Waals surface area contributed by atoms with Crippen molar-refractivity contribution in [1.82, 2.24) is 0 Å². The zero-order valence-corrected chi connectivity index (χ0v) is 14.5. The molecule has 5 atom stereocenters. The van der Waals surface area contributed by atoms with Crippen LogP contribution in [0.15, 0.2) is 0 Å². The zero-order valence-electron chi connectivity index (χ0n) is 11.0. The van der Waals surface area contributed by atoms with Crippen molar-refractivity contribution in [3.8, 4) is 0 Å². The van der Waals surface area contributed by atoms with Gasteiger partial charge in [-0.05, 0) is 6.92 Å². The van der Waals surface area contributed by atoms with Crippen molar-refractivity contribution in [2.45, 2.75) is 30.5 Å². The summed E-state index contributed by atoms with van der Waals surface area (Å²) in [7, 11) is -16.3. The van der Waals surface area contributed by atoms with Crippen molar-refractivity contribution in [2.75, 3.05) is 6.61 Å². The second-order valence-corrected chi connectivity index (χ2v) is 9.57. The molecule has 0 aliphatic carbocycles. The second kappa shape index (κ2) is 6.89. The Kier molecular flexibility index (Phi) is 6.49. The number of hydrogen-bond donors (Lipinski definition) is 6. The molecule has 0 saturated carbocycles. The molecule has 132 valence electrons. The number of aliphatic hydroxyl groups is 1. The molecule has 0 aromatic heterocycles. The van der Waals surface area contributed by atoms with E-state index >= 15 is 0 Å². The maximum Gasteiger partial charge on any atom is 0.490 e. The molecular formula is C6H15O12P3S. The summed E-state index contributed by atoms with van der Waals surface area (Å²) in [6.45, 7) is 0.789. The van der Waals surface area contributed by atoms with Gasteiger partial charge < -0.3 is 29.4 Å². The highest BCUT2D eigenvalue weighted by Crippen LogP contribution is 2.66. The van der Waals surface area contributed by atoms with Gasteiger partial charge in [0, 0.05) is 6.42 Å². The Morgan fingerprint density at radius 1 is 1.18 bits per heavy atom. The summed E-state index contributed by atoms with van der Waals surface area (Å²) in [6.07, 6.45) is -1.40. The molecule has 1 aliphatic heterocycles. The Balaban J connectivity index is 2.67. The first-order chi connectivity index (χ1) is 9.64. The summed E-state index contributed by atoms with van der Waals surface area (Å²) in [5, 5.41) is 9.68. The van der Waals surface area contributed by atoms with E-state index in [1.807, 2.05) is 0 Å². The SMILES string of the molecule is C[C@H]1C[C@@H](O)[C@@](S)(COP(=O)(O)OP(=O)(O)OP(=O)(O)O)O1. The topological polar surface area (TPSA) is 189 Å². The van der Waals surface area contributed by atoms with Crippen molar-refractivity contribution in [3.63, 3.8) is 0 Å². The first-order valence-electron chi connectivity index (χ1n) is 5.51. The molecule has 5 N–H and O–H groups in total. The van der Waals surface area contributed by atoms with Crippen molar-refractivity contribution in [2.24, 2.45) is 0 Å². The van der Waals surface area contributed by atoms with Crippen LogP contribution in [0.1, 0.15) is 13.3 Å². The average molecular weight is 404 g/mol.